The van der Waals surface area contributed by atoms with Gasteiger partial charge < -0.3 is 10.5 Å². The molecule has 0 atom stereocenters. The molecular formula is C13H13BrFN3O2. The predicted molar refractivity (Wildman–Crippen MR) is 76.2 cm³/mol. The second-order valence-electron chi connectivity index (χ2n) is 4.06. The van der Waals surface area contributed by atoms with Gasteiger partial charge in [-0.3, -0.25) is 4.79 Å². The molecular weight excluding hydrogens is 329 g/mol. The van der Waals surface area contributed by atoms with E-state index >= 15 is 0 Å². The van der Waals surface area contributed by atoms with Crippen LogP contribution in [0.15, 0.2) is 39.7 Å². The number of aromatic nitrogens is 2. The molecule has 0 amide bonds. The lowest BCUT2D eigenvalue weighted by Gasteiger charge is -2.08. The Morgan fingerprint density at radius 1 is 1.40 bits per heavy atom. The minimum atomic E-state index is -0.341. The molecule has 7 heteroatoms. The van der Waals surface area contributed by atoms with Crippen molar-refractivity contribution in [1.29, 1.82) is 0 Å². The van der Waals surface area contributed by atoms with Gasteiger partial charge >= 0.3 is 0 Å². The van der Waals surface area contributed by atoms with Gasteiger partial charge in [-0.25, -0.2) is 9.07 Å². The van der Waals surface area contributed by atoms with Crippen molar-refractivity contribution >= 4 is 15.9 Å². The fraction of sp³-hybridized carbons (Fsp3) is 0.231. The fourth-order valence-electron chi connectivity index (χ4n) is 1.60. The van der Waals surface area contributed by atoms with Crippen molar-refractivity contribution in [3.05, 3.63) is 56.7 Å². The molecule has 0 radical (unpaired) electrons. The van der Waals surface area contributed by atoms with Crippen LogP contribution >= 0.6 is 15.9 Å². The molecule has 0 bridgehead atoms. The van der Waals surface area contributed by atoms with Gasteiger partial charge in [0.1, 0.15) is 18.2 Å². The summed E-state index contributed by atoms with van der Waals surface area (Å²) in [6.07, 6.45) is 1.45. The average molecular weight is 342 g/mol. The van der Waals surface area contributed by atoms with Crippen LogP contribution in [0.2, 0.25) is 0 Å². The molecule has 2 rings (SSSR count). The minimum absolute atomic E-state index is 0.247. The minimum Gasteiger partial charge on any atom is -0.490 e. The molecule has 1 aromatic heterocycles. The number of hydrogen-bond donors (Lipinski definition) is 1. The maximum Gasteiger partial charge on any atom is 0.270 e. The summed E-state index contributed by atoms with van der Waals surface area (Å²) in [5.41, 5.74) is 5.78. The highest BCUT2D eigenvalue weighted by atomic mass is 79.9. The molecule has 0 aliphatic heterocycles. The Kier molecular flexibility index (Phi) is 4.86. The van der Waals surface area contributed by atoms with Crippen LogP contribution in [0.5, 0.6) is 5.75 Å². The number of nitrogens with two attached hydrogens (primary N) is 1. The van der Waals surface area contributed by atoms with Crippen molar-refractivity contribution in [2.45, 2.75) is 6.54 Å². The van der Waals surface area contributed by atoms with Crippen LogP contribution in [-0.4, -0.2) is 22.9 Å². The smallest absolute Gasteiger partial charge is 0.270 e. The van der Waals surface area contributed by atoms with E-state index in [9.17, 15) is 9.18 Å². The first kappa shape index (κ1) is 14.7. The highest BCUT2D eigenvalue weighted by Crippen LogP contribution is 2.18. The van der Waals surface area contributed by atoms with E-state index in [1.807, 2.05) is 0 Å². The zero-order valence-electron chi connectivity index (χ0n) is 10.6. The maximum absolute atomic E-state index is 13.0. The summed E-state index contributed by atoms with van der Waals surface area (Å²) in [5, 5.41) is 4.01. The van der Waals surface area contributed by atoms with Gasteiger partial charge in [0.25, 0.3) is 5.56 Å². The Bertz CT molecular complexity index is 660. The average Bonchev–Trinajstić information content (AvgIpc) is 2.42. The number of rotatable bonds is 5. The lowest BCUT2D eigenvalue weighted by molar-refractivity contribution is 0.324. The van der Waals surface area contributed by atoms with E-state index in [0.717, 1.165) is 5.56 Å². The number of halogens is 2. The largest absolute Gasteiger partial charge is 0.490 e. The Hall–Kier alpha value is -1.73. The molecule has 0 spiro atoms. The van der Waals surface area contributed by atoms with Crippen molar-refractivity contribution in [2.75, 3.05) is 13.2 Å². The zero-order chi connectivity index (χ0) is 14.5. The second kappa shape index (κ2) is 6.62. The van der Waals surface area contributed by atoms with Gasteiger partial charge in [-0.15, -0.1) is 0 Å². The summed E-state index contributed by atoms with van der Waals surface area (Å²) in [6, 6.07) is 5.63. The van der Waals surface area contributed by atoms with E-state index < -0.39 is 0 Å². The molecule has 2 N–H and O–H groups in total. The van der Waals surface area contributed by atoms with Gasteiger partial charge in [0, 0.05) is 17.1 Å². The summed E-state index contributed by atoms with van der Waals surface area (Å²) in [5.74, 6) is 0.0429. The summed E-state index contributed by atoms with van der Waals surface area (Å²) >= 11 is 3.26. The van der Waals surface area contributed by atoms with Crippen molar-refractivity contribution in [1.82, 2.24) is 9.78 Å². The van der Waals surface area contributed by atoms with Gasteiger partial charge in [-0.05, 0) is 17.7 Å². The third-order valence-electron chi connectivity index (χ3n) is 2.57. The van der Waals surface area contributed by atoms with E-state index in [2.05, 4.69) is 21.0 Å². The summed E-state index contributed by atoms with van der Waals surface area (Å²) in [7, 11) is 0. The third kappa shape index (κ3) is 3.64. The standard InChI is InChI=1S/C13H13BrFN3O2/c14-12-5-10(15)2-1-9(12)8-18-13(19)6-11(7-17-18)20-4-3-16/h1-2,5-7H,3-4,8,16H2. The van der Waals surface area contributed by atoms with E-state index in [-0.39, 0.29) is 17.9 Å². The topological polar surface area (TPSA) is 70.1 Å². The van der Waals surface area contributed by atoms with Gasteiger partial charge in [0.2, 0.25) is 0 Å². The molecule has 5 nitrogen and oxygen atoms in total. The molecule has 0 saturated carbocycles. The normalized spacial score (nSPS) is 10.6. The number of ether oxygens (including phenoxy) is 1. The fourth-order valence-corrected chi connectivity index (χ4v) is 2.08. The van der Waals surface area contributed by atoms with E-state index in [4.69, 9.17) is 10.5 Å². The molecule has 106 valence electrons. The van der Waals surface area contributed by atoms with Crippen LogP contribution in [0.1, 0.15) is 5.56 Å². The van der Waals surface area contributed by atoms with Crippen LogP contribution in [-0.2, 0) is 6.54 Å². The molecule has 1 heterocycles. The van der Waals surface area contributed by atoms with Crippen LogP contribution in [0.25, 0.3) is 0 Å². The molecule has 20 heavy (non-hydrogen) atoms. The first-order valence-corrected chi connectivity index (χ1v) is 6.73. The Morgan fingerprint density at radius 2 is 2.20 bits per heavy atom. The highest BCUT2D eigenvalue weighted by Gasteiger charge is 2.06. The summed E-state index contributed by atoms with van der Waals surface area (Å²) in [4.78, 5) is 11.9. The molecule has 1 aromatic carbocycles. The zero-order valence-corrected chi connectivity index (χ0v) is 12.1. The first-order valence-electron chi connectivity index (χ1n) is 5.94. The second-order valence-corrected chi connectivity index (χ2v) is 4.91. The Morgan fingerprint density at radius 3 is 2.85 bits per heavy atom. The number of hydrogen-bond acceptors (Lipinski definition) is 4. The molecule has 0 saturated heterocycles. The number of nitrogens with zero attached hydrogens (tertiary/aromatic N) is 2. The summed E-state index contributed by atoms with van der Waals surface area (Å²) < 4.78 is 20.1. The van der Waals surface area contributed by atoms with Gasteiger partial charge in [-0.2, -0.15) is 5.10 Å². The van der Waals surface area contributed by atoms with Crippen molar-refractivity contribution in [3.63, 3.8) is 0 Å². The van der Waals surface area contributed by atoms with Crippen molar-refractivity contribution < 1.29 is 9.13 Å². The molecule has 0 fully saturated rings. The third-order valence-corrected chi connectivity index (χ3v) is 3.30. The molecule has 0 unspecified atom stereocenters. The van der Waals surface area contributed by atoms with E-state index in [1.54, 1.807) is 6.07 Å². The Labute approximate surface area is 123 Å². The SMILES string of the molecule is NCCOc1cnn(Cc2ccc(F)cc2Br)c(=O)c1. The molecule has 0 aliphatic carbocycles. The Balaban J connectivity index is 2.19. The predicted octanol–water partition coefficient (Wildman–Crippen LogP) is 1.53. The lowest BCUT2D eigenvalue weighted by atomic mass is 10.2. The maximum atomic E-state index is 13.0. The van der Waals surface area contributed by atoms with Gasteiger partial charge in [-0.1, -0.05) is 22.0 Å². The van der Waals surface area contributed by atoms with Crippen molar-refractivity contribution in [3.8, 4) is 5.75 Å². The molecule has 0 aliphatic rings. The van der Waals surface area contributed by atoms with Crippen LogP contribution < -0.4 is 16.0 Å². The molecule has 2 aromatic rings. The monoisotopic (exact) mass is 341 g/mol. The summed E-state index contributed by atoms with van der Waals surface area (Å²) in [6.45, 7) is 0.942. The van der Waals surface area contributed by atoms with Crippen molar-refractivity contribution in [2.24, 2.45) is 5.73 Å². The van der Waals surface area contributed by atoms with Crippen LogP contribution in [0.3, 0.4) is 0 Å². The number of benzene rings is 1. The first-order chi connectivity index (χ1) is 9.60. The lowest BCUT2D eigenvalue weighted by Crippen LogP contribution is -2.23. The quantitative estimate of drug-likeness (QED) is 0.895. The van der Waals surface area contributed by atoms with Crippen LogP contribution in [0.4, 0.5) is 4.39 Å². The highest BCUT2D eigenvalue weighted by molar-refractivity contribution is 9.10. The van der Waals surface area contributed by atoms with E-state index in [1.165, 1.54) is 29.1 Å². The van der Waals surface area contributed by atoms with Gasteiger partial charge in [0.15, 0.2) is 0 Å². The van der Waals surface area contributed by atoms with Gasteiger partial charge in [0.05, 0.1) is 12.7 Å². The van der Waals surface area contributed by atoms with Crippen LogP contribution in [0, 0.1) is 5.82 Å². The van der Waals surface area contributed by atoms with E-state index in [0.29, 0.717) is 23.4 Å².